The molecule has 0 aliphatic heterocycles. The lowest BCUT2D eigenvalue weighted by Crippen LogP contribution is -2.54. The fourth-order valence-electron chi connectivity index (χ4n) is 9.57. The second kappa shape index (κ2) is 9.77. The second-order valence-electron chi connectivity index (χ2n) is 12.7. The van der Waals surface area contributed by atoms with Gasteiger partial charge in [0, 0.05) is 12.0 Å². The highest BCUT2D eigenvalue weighted by Crippen LogP contribution is 2.78. The maximum absolute atomic E-state index is 11.6. The van der Waals surface area contributed by atoms with Gasteiger partial charge in [0.2, 0.25) is 0 Å². The van der Waals surface area contributed by atoms with Crippen LogP contribution in [0.15, 0.2) is 18.2 Å². The highest BCUT2D eigenvalue weighted by Gasteiger charge is 2.74. The Hall–Kier alpha value is -1.06. The van der Waals surface area contributed by atoms with Gasteiger partial charge < -0.3 is 15.3 Å². The zero-order valence-corrected chi connectivity index (χ0v) is 21.5. The number of hydrogen-bond acceptors (Lipinski definition) is 3. The van der Waals surface area contributed by atoms with Crippen LogP contribution in [0.4, 0.5) is 0 Å². The Labute approximate surface area is 207 Å². The van der Waals surface area contributed by atoms with Crippen LogP contribution in [0, 0.1) is 22.7 Å². The number of benzene rings is 1. The number of fused-ring (bicyclic) bond motifs is 3. The van der Waals surface area contributed by atoms with Gasteiger partial charge in [0.1, 0.15) is 5.75 Å². The number of aliphatic hydroxyl groups excluding tert-OH is 1. The molecule has 1 aromatic rings. The third-order valence-corrected chi connectivity index (χ3v) is 11.4. The van der Waals surface area contributed by atoms with Crippen molar-refractivity contribution in [2.45, 2.75) is 128 Å². The highest BCUT2D eigenvalue weighted by molar-refractivity contribution is 5.42. The molecule has 0 amide bonds. The average Bonchev–Trinajstić information content (AvgIpc) is 3.20. The largest absolute Gasteiger partial charge is 0.508 e. The summed E-state index contributed by atoms with van der Waals surface area (Å²) in [5.74, 6) is 2.43. The maximum Gasteiger partial charge on any atom is 0.115 e. The zero-order valence-electron chi connectivity index (χ0n) is 21.5. The molecule has 3 N–H and O–H groups in total. The number of aliphatic hydroxyl groups is 2. The van der Waals surface area contributed by atoms with Gasteiger partial charge in [-0.05, 0) is 104 Å². The van der Waals surface area contributed by atoms with E-state index in [0.29, 0.717) is 35.5 Å². The number of phenols is 1. The number of hydrogen-bond donors (Lipinski definition) is 3. The molecule has 5 rings (SSSR count). The molecule has 0 aromatic heterocycles. The fraction of sp³-hybridized carbons (Fsp3) is 0.806. The molecule has 3 heteroatoms. The van der Waals surface area contributed by atoms with Crippen LogP contribution in [-0.2, 0) is 6.42 Å². The van der Waals surface area contributed by atoms with Crippen LogP contribution in [0.5, 0.6) is 5.75 Å². The van der Waals surface area contributed by atoms with Gasteiger partial charge in [0.25, 0.3) is 0 Å². The quantitative estimate of drug-likeness (QED) is 0.299. The lowest BCUT2D eigenvalue weighted by molar-refractivity contribution is -0.113. The summed E-state index contributed by atoms with van der Waals surface area (Å²) >= 11 is 0. The fourth-order valence-corrected chi connectivity index (χ4v) is 9.57. The van der Waals surface area contributed by atoms with Crippen LogP contribution in [0.2, 0.25) is 0 Å². The Morgan fingerprint density at radius 2 is 1.50 bits per heavy atom. The maximum atomic E-state index is 11.6. The van der Waals surface area contributed by atoms with Crippen LogP contribution in [-0.4, -0.2) is 27.5 Å². The van der Waals surface area contributed by atoms with E-state index in [1.165, 1.54) is 88.2 Å². The molecule has 34 heavy (non-hydrogen) atoms. The van der Waals surface area contributed by atoms with Crippen molar-refractivity contribution in [3.05, 3.63) is 29.3 Å². The van der Waals surface area contributed by atoms with E-state index in [1.807, 2.05) is 6.07 Å². The summed E-state index contributed by atoms with van der Waals surface area (Å²) in [7, 11) is 0. The zero-order chi connectivity index (χ0) is 23.8. The Balaban J connectivity index is 1.25. The standard InChI is InChI=1S/C31H48O3/c1-29-15-14-27-26-13-12-25(33)22-24(26)21-23(11-9-7-5-3-2-4-6-8-10-20-32)28(27)30(29)16-18-31(29,34)19-17-30/h12-13,22-23,27-28,32-34H,2-11,14-21H2,1H3/t23-,27?,28?,29+,30?,31?/m1/s1. The van der Waals surface area contributed by atoms with Gasteiger partial charge in [-0.25, -0.2) is 0 Å². The van der Waals surface area contributed by atoms with E-state index >= 15 is 0 Å². The normalized spacial score (nSPS) is 37.9. The van der Waals surface area contributed by atoms with Gasteiger partial charge in [-0.1, -0.05) is 64.4 Å². The minimum absolute atomic E-state index is 0.101. The summed E-state index contributed by atoms with van der Waals surface area (Å²) in [4.78, 5) is 0. The summed E-state index contributed by atoms with van der Waals surface area (Å²) in [5.41, 5.74) is 2.91. The number of unbranched alkanes of at least 4 members (excludes halogenated alkanes) is 8. The molecule has 190 valence electrons. The Morgan fingerprint density at radius 1 is 0.853 bits per heavy atom. The first kappa shape index (κ1) is 24.6. The SMILES string of the molecule is C[C@]12CCC3c4ccc(O)cc4C[C@@H](CCCCCCCCCCCO)C3C13CCC2(O)CC3. The van der Waals surface area contributed by atoms with Crippen LogP contribution in [0.25, 0.3) is 0 Å². The predicted molar refractivity (Wildman–Crippen MR) is 138 cm³/mol. The lowest BCUT2D eigenvalue weighted by atomic mass is 9.45. The van der Waals surface area contributed by atoms with Crippen LogP contribution in [0.3, 0.4) is 0 Å². The van der Waals surface area contributed by atoms with Crippen molar-refractivity contribution in [2.75, 3.05) is 6.61 Å². The van der Waals surface area contributed by atoms with Gasteiger partial charge in [-0.3, -0.25) is 0 Å². The molecule has 0 spiro atoms. The minimum atomic E-state index is -0.422. The van der Waals surface area contributed by atoms with E-state index < -0.39 is 5.60 Å². The lowest BCUT2D eigenvalue weighted by Gasteiger charge is -2.59. The van der Waals surface area contributed by atoms with Crippen molar-refractivity contribution in [3.8, 4) is 5.75 Å². The van der Waals surface area contributed by atoms with E-state index in [1.54, 1.807) is 0 Å². The molecule has 1 aromatic carbocycles. The second-order valence-corrected chi connectivity index (χ2v) is 12.7. The molecule has 2 bridgehead atoms. The molecule has 4 aliphatic rings. The topological polar surface area (TPSA) is 60.7 Å². The Bertz CT molecular complexity index is 839. The number of aromatic hydroxyl groups is 1. The number of phenolic OH excluding ortho intramolecular Hbond substituents is 1. The van der Waals surface area contributed by atoms with Gasteiger partial charge in [0.05, 0.1) is 5.60 Å². The van der Waals surface area contributed by atoms with Crippen LogP contribution < -0.4 is 0 Å². The summed E-state index contributed by atoms with van der Waals surface area (Å²) < 4.78 is 0. The summed E-state index contributed by atoms with van der Waals surface area (Å²) in [5, 5.41) is 30.7. The molecular weight excluding hydrogens is 420 g/mol. The smallest absolute Gasteiger partial charge is 0.115 e. The minimum Gasteiger partial charge on any atom is -0.508 e. The monoisotopic (exact) mass is 468 g/mol. The van der Waals surface area contributed by atoms with Crippen molar-refractivity contribution in [2.24, 2.45) is 22.7 Å². The van der Waals surface area contributed by atoms with Crippen molar-refractivity contribution < 1.29 is 15.3 Å². The van der Waals surface area contributed by atoms with Crippen molar-refractivity contribution in [1.82, 2.24) is 0 Å². The molecular formula is C31H48O3. The summed E-state index contributed by atoms with van der Waals surface area (Å²) in [6.07, 6.45) is 20.7. The molecule has 3 nitrogen and oxygen atoms in total. The summed E-state index contributed by atoms with van der Waals surface area (Å²) in [6.45, 7) is 2.79. The van der Waals surface area contributed by atoms with E-state index in [2.05, 4.69) is 19.1 Å². The van der Waals surface area contributed by atoms with Crippen LogP contribution in [0.1, 0.15) is 127 Å². The molecule has 3 fully saturated rings. The van der Waals surface area contributed by atoms with Crippen molar-refractivity contribution in [3.63, 3.8) is 0 Å². The van der Waals surface area contributed by atoms with Gasteiger partial charge in [0.15, 0.2) is 0 Å². The molecule has 0 radical (unpaired) electrons. The third-order valence-electron chi connectivity index (χ3n) is 11.4. The van der Waals surface area contributed by atoms with E-state index in [9.17, 15) is 10.2 Å². The van der Waals surface area contributed by atoms with Crippen LogP contribution >= 0.6 is 0 Å². The molecule has 0 heterocycles. The van der Waals surface area contributed by atoms with Gasteiger partial charge in [-0.15, -0.1) is 0 Å². The number of rotatable bonds is 11. The van der Waals surface area contributed by atoms with Crippen molar-refractivity contribution >= 4 is 0 Å². The van der Waals surface area contributed by atoms with E-state index in [4.69, 9.17) is 5.11 Å². The molecule has 2 unspecified atom stereocenters. The molecule has 0 saturated heterocycles. The molecule has 4 atom stereocenters. The first-order chi connectivity index (χ1) is 16.4. The Morgan fingerprint density at radius 3 is 2.18 bits per heavy atom. The van der Waals surface area contributed by atoms with E-state index in [0.717, 1.165) is 32.1 Å². The first-order valence-electron chi connectivity index (χ1n) is 14.6. The predicted octanol–water partition coefficient (Wildman–Crippen LogP) is 7.26. The summed E-state index contributed by atoms with van der Waals surface area (Å²) in [6, 6.07) is 6.19. The van der Waals surface area contributed by atoms with Crippen molar-refractivity contribution in [1.29, 1.82) is 0 Å². The van der Waals surface area contributed by atoms with E-state index in [-0.39, 0.29) is 5.41 Å². The third kappa shape index (κ3) is 3.94. The average molecular weight is 469 g/mol. The molecule has 3 saturated carbocycles. The highest BCUT2D eigenvalue weighted by atomic mass is 16.3. The first-order valence-corrected chi connectivity index (χ1v) is 14.6. The Kier molecular flexibility index (Phi) is 7.08. The van der Waals surface area contributed by atoms with Gasteiger partial charge >= 0.3 is 0 Å². The molecule has 4 aliphatic carbocycles. The van der Waals surface area contributed by atoms with Gasteiger partial charge in [-0.2, -0.15) is 0 Å².